The van der Waals surface area contributed by atoms with Gasteiger partial charge in [0.15, 0.2) is 0 Å². The highest BCUT2D eigenvalue weighted by Crippen LogP contribution is 2.08. The minimum absolute atomic E-state index is 0.00824. The molecule has 0 aliphatic rings. The fraction of sp³-hybridized carbons (Fsp3) is 0.300. The van der Waals surface area contributed by atoms with Crippen molar-refractivity contribution < 1.29 is 19.4 Å². The Balaban J connectivity index is 2.57. The van der Waals surface area contributed by atoms with Crippen LogP contribution in [0.5, 0.6) is 0 Å². The number of hydrogen-bond acceptors (Lipinski definition) is 2. The van der Waals surface area contributed by atoms with E-state index in [1.807, 2.05) is 0 Å². The highest BCUT2D eigenvalue weighted by atomic mass is 19.1. The third-order valence-electron chi connectivity index (χ3n) is 1.86. The zero-order chi connectivity index (χ0) is 10.6. The topological polar surface area (TPSA) is 57.5 Å². The molecular weight excluding hydrogens is 187 g/mol. The Morgan fingerprint density at radius 3 is 2.43 bits per heavy atom. The van der Waals surface area contributed by atoms with E-state index in [9.17, 15) is 14.3 Å². The first-order valence-electron chi connectivity index (χ1n) is 4.20. The molecule has 4 heteroatoms. The van der Waals surface area contributed by atoms with Gasteiger partial charge in [0, 0.05) is 6.42 Å². The second kappa shape index (κ2) is 4.72. The van der Waals surface area contributed by atoms with Crippen LogP contribution >= 0.6 is 0 Å². The molecule has 2 N–H and O–H groups in total. The Morgan fingerprint density at radius 2 is 1.93 bits per heavy atom. The summed E-state index contributed by atoms with van der Waals surface area (Å²) < 4.78 is 12.8. The first kappa shape index (κ1) is 10.7. The van der Waals surface area contributed by atoms with Gasteiger partial charge in [-0.3, -0.25) is 0 Å². The van der Waals surface area contributed by atoms with Gasteiger partial charge in [-0.15, -0.1) is 0 Å². The van der Waals surface area contributed by atoms with Crippen molar-refractivity contribution in [1.82, 2.24) is 0 Å². The lowest BCUT2D eigenvalue weighted by atomic mass is 10.1. The van der Waals surface area contributed by atoms with Gasteiger partial charge in [0.2, 0.25) is 6.17 Å². The summed E-state index contributed by atoms with van der Waals surface area (Å²) in [6.45, 7) is 0. The molecule has 0 saturated heterocycles. The van der Waals surface area contributed by atoms with Crippen molar-refractivity contribution in [1.29, 1.82) is 0 Å². The number of halogens is 1. The Kier molecular flexibility index (Phi) is 3.59. The van der Waals surface area contributed by atoms with Crippen LogP contribution < -0.4 is 0 Å². The summed E-state index contributed by atoms with van der Waals surface area (Å²) in [5, 5.41) is 17.5. The van der Waals surface area contributed by atoms with Crippen molar-refractivity contribution in [3.8, 4) is 0 Å². The Morgan fingerprint density at radius 1 is 1.36 bits per heavy atom. The minimum Gasteiger partial charge on any atom is -0.479 e. The number of aliphatic carboxylic acids is 1. The third kappa shape index (κ3) is 2.81. The van der Waals surface area contributed by atoms with Gasteiger partial charge in [-0.1, -0.05) is 30.3 Å². The average Bonchev–Trinajstić information content (AvgIpc) is 2.18. The second-order valence-corrected chi connectivity index (χ2v) is 3.00. The zero-order valence-corrected chi connectivity index (χ0v) is 7.43. The van der Waals surface area contributed by atoms with Gasteiger partial charge in [0.25, 0.3) is 0 Å². The van der Waals surface area contributed by atoms with Gasteiger partial charge in [0.05, 0.1) is 0 Å². The molecule has 0 amide bonds. The van der Waals surface area contributed by atoms with E-state index < -0.39 is 18.2 Å². The number of carbonyl (C=O) groups is 1. The van der Waals surface area contributed by atoms with Crippen molar-refractivity contribution >= 4 is 5.97 Å². The fourth-order valence-electron chi connectivity index (χ4n) is 1.12. The molecule has 1 aromatic carbocycles. The van der Waals surface area contributed by atoms with Crippen LogP contribution in [0, 0.1) is 0 Å². The normalized spacial score (nSPS) is 14.7. The summed E-state index contributed by atoms with van der Waals surface area (Å²) in [6, 6.07) is 8.70. The number of carboxylic acid groups (broad SMARTS) is 1. The number of hydrogen-bond donors (Lipinski definition) is 2. The molecule has 0 heterocycles. The zero-order valence-electron chi connectivity index (χ0n) is 7.43. The summed E-state index contributed by atoms with van der Waals surface area (Å²) in [5.41, 5.74) is 0.712. The van der Waals surface area contributed by atoms with Crippen LogP contribution in [0.25, 0.3) is 0 Å². The first-order chi connectivity index (χ1) is 6.61. The van der Waals surface area contributed by atoms with E-state index in [4.69, 9.17) is 5.11 Å². The lowest BCUT2D eigenvalue weighted by Gasteiger charge is -2.11. The molecule has 2 atom stereocenters. The molecule has 0 saturated carbocycles. The summed E-state index contributed by atoms with van der Waals surface area (Å²) in [5.74, 6) is -1.63. The predicted molar refractivity (Wildman–Crippen MR) is 48.7 cm³/mol. The fourth-order valence-corrected chi connectivity index (χ4v) is 1.12. The number of aliphatic hydroxyl groups is 1. The molecule has 0 radical (unpaired) electrons. The SMILES string of the molecule is O=C(O)C(F)C(O)Cc1ccccc1. The quantitative estimate of drug-likeness (QED) is 0.759. The lowest BCUT2D eigenvalue weighted by Crippen LogP contribution is -2.31. The Hall–Kier alpha value is -1.42. The third-order valence-corrected chi connectivity index (χ3v) is 1.86. The standard InChI is InChI=1S/C10H11FO3/c11-9(10(13)14)8(12)6-7-4-2-1-3-5-7/h1-5,8-9,12H,6H2,(H,13,14). The van der Waals surface area contributed by atoms with Gasteiger partial charge >= 0.3 is 5.97 Å². The molecule has 1 rings (SSSR count). The van der Waals surface area contributed by atoms with E-state index >= 15 is 0 Å². The molecule has 1 aromatic rings. The van der Waals surface area contributed by atoms with Gasteiger partial charge < -0.3 is 10.2 Å². The summed E-state index contributed by atoms with van der Waals surface area (Å²) in [6.07, 6.45) is -3.71. The average molecular weight is 198 g/mol. The molecular formula is C10H11FO3. The second-order valence-electron chi connectivity index (χ2n) is 3.00. The molecule has 0 aliphatic heterocycles. The largest absolute Gasteiger partial charge is 0.479 e. The monoisotopic (exact) mass is 198 g/mol. The number of carboxylic acids is 1. The number of rotatable bonds is 4. The molecule has 14 heavy (non-hydrogen) atoms. The van der Waals surface area contributed by atoms with E-state index in [0.717, 1.165) is 0 Å². The summed E-state index contributed by atoms with van der Waals surface area (Å²) in [7, 11) is 0. The number of benzene rings is 1. The molecule has 3 nitrogen and oxygen atoms in total. The van der Waals surface area contributed by atoms with Crippen LogP contribution in [-0.2, 0) is 11.2 Å². The molecule has 0 spiro atoms. The van der Waals surface area contributed by atoms with Crippen LogP contribution in [0.15, 0.2) is 30.3 Å². The molecule has 2 unspecified atom stereocenters. The maximum Gasteiger partial charge on any atom is 0.341 e. The van der Waals surface area contributed by atoms with Gasteiger partial charge in [-0.25, -0.2) is 9.18 Å². The van der Waals surface area contributed by atoms with Crippen molar-refractivity contribution in [2.24, 2.45) is 0 Å². The van der Waals surface area contributed by atoms with Crippen LogP contribution in [0.2, 0.25) is 0 Å². The van der Waals surface area contributed by atoms with Crippen molar-refractivity contribution in [2.75, 3.05) is 0 Å². The smallest absolute Gasteiger partial charge is 0.341 e. The summed E-state index contributed by atoms with van der Waals surface area (Å²) >= 11 is 0. The van der Waals surface area contributed by atoms with Crippen LogP contribution in [-0.4, -0.2) is 28.5 Å². The highest BCUT2D eigenvalue weighted by Gasteiger charge is 2.25. The Bertz CT molecular complexity index is 299. The summed E-state index contributed by atoms with van der Waals surface area (Å²) in [4.78, 5) is 10.2. The van der Waals surface area contributed by atoms with E-state index in [1.54, 1.807) is 30.3 Å². The number of alkyl halides is 1. The lowest BCUT2D eigenvalue weighted by molar-refractivity contribution is -0.147. The molecule has 0 fully saturated rings. The maximum atomic E-state index is 12.8. The molecule has 0 aromatic heterocycles. The van der Waals surface area contributed by atoms with Gasteiger partial charge in [-0.05, 0) is 5.56 Å². The van der Waals surface area contributed by atoms with Gasteiger partial charge in [-0.2, -0.15) is 0 Å². The maximum absolute atomic E-state index is 12.8. The molecule has 76 valence electrons. The predicted octanol–water partition coefficient (Wildman–Crippen LogP) is 1.01. The minimum atomic E-state index is -2.23. The molecule has 0 bridgehead atoms. The van der Waals surface area contributed by atoms with Crippen molar-refractivity contribution in [3.05, 3.63) is 35.9 Å². The number of aliphatic hydroxyl groups excluding tert-OH is 1. The molecule has 0 aliphatic carbocycles. The van der Waals surface area contributed by atoms with E-state index in [2.05, 4.69) is 0 Å². The van der Waals surface area contributed by atoms with Crippen LogP contribution in [0.3, 0.4) is 0 Å². The first-order valence-corrected chi connectivity index (χ1v) is 4.20. The van der Waals surface area contributed by atoms with Crippen LogP contribution in [0.1, 0.15) is 5.56 Å². The van der Waals surface area contributed by atoms with Crippen molar-refractivity contribution in [2.45, 2.75) is 18.7 Å². The Labute approximate surface area is 80.8 Å². The van der Waals surface area contributed by atoms with E-state index in [0.29, 0.717) is 5.56 Å². The van der Waals surface area contributed by atoms with E-state index in [-0.39, 0.29) is 6.42 Å². The van der Waals surface area contributed by atoms with Gasteiger partial charge in [0.1, 0.15) is 6.10 Å². The van der Waals surface area contributed by atoms with Crippen molar-refractivity contribution in [3.63, 3.8) is 0 Å². The highest BCUT2D eigenvalue weighted by molar-refractivity contribution is 5.72. The van der Waals surface area contributed by atoms with Crippen LogP contribution in [0.4, 0.5) is 4.39 Å². The van der Waals surface area contributed by atoms with E-state index in [1.165, 1.54) is 0 Å².